The maximum absolute atomic E-state index is 14.0. The summed E-state index contributed by atoms with van der Waals surface area (Å²) in [5.74, 6) is 0.423. The molecule has 1 fully saturated rings. The summed E-state index contributed by atoms with van der Waals surface area (Å²) < 4.78 is 29.7. The van der Waals surface area contributed by atoms with Crippen molar-refractivity contribution in [3.05, 3.63) is 89.6 Å². The zero-order valence-corrected chi connectivity index (χ0v) is 23.2. The standard InChI is InChI=1S/C31H33F2N7O/c1-38(2)14-15-40-18-26(22-8-9-24(32)25(33)17-22)36-29(40)21-10-12-39(13-11-21)30-27-23(16-20-6-4-3-5-7-20)31(41)37-28(27)34-19-35-30/h3-9,17-19,21,23H,10-16H2,1-2H3,(H,34,35,37,41). The predicted molar refractivity (Wildman–Crippen MR) is 154 cm³/mol. The number of aromatic nitrogens is 4. The molecule has 1 unspecified atom stereocenters. The average Bonchev–Trinajstić information content (AvgIpc) is 3.55. The third-order valence-corrected chi connectivity index (χ3v) is 8.02. The first-order valence-electron chi connectivity index (χ1n) is 14.0. The average molecular weight is 558 g/mol. The van der Waals surface area contributed by atoms with Gasteiger partial charge in [-0.1, -0.05) is 30.3 Å². The van der Waals surface area contributed by atoms with Crippen LogP contribution in [0.15, 0.2) is 61.1 Å². The van der Waals surface area contributed by atoms with Crippen LogP contribution in [0.5, 0.6) is 0 Å². The van der Waals surface area contributed by atoms with Crippen LogP contribution in [0.2, 0.25) is 0 Å². The number of fused-ring (bicyclic) bond motifs is 1. The Kier molecular flexibility index (Phi) is 7.49. The van der Waals surface area contributed by atoms with Crippen LogP contribution in [0, 0.1) is 11.6 Å². The Morgan fingerprint density at radius 1 is 1.02 bits per heavy atom. The molecule has 0 aliphatic carbocycles. The fourth-order valence-electron chi connectivity index (χ4n) is 5.83. The van der Waals surface area contributed by atoms with Crippen LogP contribution < -0.4 is 10.2 Å². The van der Waals surface area contributed by atoms with Crippen molar-refractivity contribution in [2.45, 2.75) is 37.6 Å². The third kappa shape index (κ3) is 5.56. The lowest BCUT2D eigenvalue weighted by Gasteiger charge is -2.34. The number of rotatable bonds is 8. The number of hydrogen-bond donors (Lipinski definition) is 1. The Balaban J connectivity index is 1.23. The lowest BCUT2D eigenvalue weighted by Crippen LogP contribution is -2.35. The van der Waals surface area contributed by atoms with E-state index >= 15 is 0 Å². The number of likely N-dealkylation sites (N-methyl/N-ethyl adjacent to an activating group) is 1. The monoisotopic (exact) mass is 557 g/mol. The van der Waals surface area contributed by atoms with Gasteiger partial charge in [0.15, 0.2) is 11.6 Å². The summed E-state index contributed by atoms with van der Waals surface area (Å²) in [6.07, 6.45) is 5.75. The number of benzene rings is 2. The molecule has 8 nitrogen and oxygen atoms in total. The van der Waals surface area contributed by atoms with Crippen molar-refractivity contribution < 1.29 is 13.6 Å². The van der Waals surface area contributed by atoms with E-state index in [-0.39, 0.29) is 17.7 Å². The second kappa shape index (κ2) is 11.4. The Bertz CT molecular complexity index is 1550. The highest BCUT2D eigenvalue weighted by Crippen LogP contribution is 2.41. The summed E-state index contributed by atoms with van der Waals surface area (Å²) in [6.45, 7) is 3.08. The number of carbonyl (C=O) groups is 1. The summed E-state index contributed by atoms with van der Waals surface area (Å²) in [7, 11) is 4.05. The molecule has 1 saturated heterocycles. The molecule has 212 valence electrons. The molecule has 0 saturated carbocycles. The quantitative estimate of drug-likeness (QED) is 0.334. The molecule has 1 atom stereocenters. The van der Waals surface area contributed by atoms with E-state index < -0.39 is 11.6 Å². The molecule has 0 radical (unpaired) electrons. The molecule has 0 bridgehead atoms. The van der Waals surface area contributed by atoms with Crippen molar-refractivity contribution in [1.82, 2.24) is 24.4 Å². The van der Waals surface area contributed by atoms with Crippen LogP contribution in [0.4, 0.5) is 20.4 Å². The van der Waals surface area contributed by atoms with E-state index in [4.69, 9.17) is 4.98 Å². The Labute approximate surface area is 238 Å². The number of anilines is 2. The van der Waals surface area contributed by atoms with Crippen molar-refractivity contribution in [3.63, 3.8) is 0 Å². The van der Waals surface area contributed by atoms with Gasteiger partial charge < -0.3 is 19.7 Å². The number of carbonyl (C=O) groups excluding carboxylic acids is 1. The maximum atomic E-state index is 14.0. The minimum absolute atomic E-state index is 0.0480. The van der Waals surface area contributed by atoms with E-state index in [0.29, 0.717) is 23.5 Å². The number of nitrogens with one attached hydrogen (secondary N) is 1. The highest BCUT2D eigenvalue weighted by atomic mass is 19.2. The molecule has 2 aromatic carbocycles. The van der Waals surface area contributed by atoms with Crippen molar-refractivity contribution >= 4 is 17.5 Å². The molecule has 1 amide bonds. The molecule has 41 heavy (non-hydrogen) atoms. The third-order valence-electron chi connectivity index (χ3n) is 8.02. The first-order chi connectivity index (χ1) is 19.9. The van der Waals surface area contributed by atoms with E-state index in [1.807, 2.05) is 50.6 Å². The SMILES string of the molecule is CN(C)CCn1cc(-c2ccc(F)c(F)c2)nc1C1CCN(c2ncnc3c2C(Cc2ccccc2)C(=O)N3)CC1. The lowest BCUT2D eigenvalue weighted by atomic mass is 9.92. The van der Waals surface area contributed by atoms with Crippen molar-refractivity contribution in [2.75, 3.05) is 43.9 Å². The summed E-state index contributed by atoms with van der Waals surface area (Å²) in [6, 6.07) is 13.9. The first kappa shape index (κ1) is 27.0. The lowest BCUT2D eigenvalue weighted by molar-refractivity contribution is -0.117. The van der Waals surface area contributed by atoms with Gasteiger partial charge in [0.1, 0.15) is 23.8 Å². The van der Waals surface area contributed by atoms with Crippen molar-refractivity contribution in [2.24, 2.45) is 0 Å². The predicted octanol–water partition coefficient (Wildman–Crippen LogP) is 4.84. The fraction of sp³-hybridized carbons (Fsp3) is 0.355. The molecular formula is C31H33F2N7O. The van der Waals surface area contributed by atoms with Crippen LogP contribution in [0.25, 0.3) is 11.3 Å². The largest absolute Gasteiger partial charge is 0.356 e. The zero-order chi connectivity index (χ0) is 28.5. The normalized spacial score (nSPS) is 17.2. The van der Waals surface area contributed by atoms with Crippen LogP contribution in [0.3, 0.4) is 0 Å². The number of halogens is 2. The Morgan fingerprint density at radius 3 is 2.54 bits per heavy atom. The van der Waals surface area contributed by atoms with Crippen LogP contribution in [0.1, 0.15) is 41.6 Å². The number of nitrogens with zero attached hydrogens (tertiary/aromatic N) is 6. The minimum atomic E-state index is -0.879. The summed E-state index contributed by atoms with van der Waals surface area (Å²) >= 11 is 0. The number of hydrogen-bond acceptors (Lipinski definition) is 6. The van der Waals surface area contributed by atoms with E-state index in [0.717, 1.165) is 67.9 Å². The van der Waals surface area contributed by atoms with Gasteiger partial charge in [0.05, 0.1) is 17.2 Å². The minimum Gasteiger partial charge on any atom is -0.356 e. The van der Waals surface area contributed by atoms with Gasteiger partial charge in [0, 0.05) is 43.9 Å². The highest BCUT2D eigenvalue weighted by molar-refractivity contribution is 6.03. The second-order valence-corrected chi connectivity index (χ2v) is 11.1. The molecule has 6 rings (SSSR count). The zero-order valence-electron chi connectivity index (χ0n) is 23.2. The van der Waals surface area contributed by atoms with Gasteiger partial charge in [-0.05, 0) is 57.1 Å². The molecule has 1 N–H and O–H groups in total. The number of amides is 1. The summed E-state index contributed by atoms with van der Waals surface area (Å²) in [4.78, 5) is 31.3. The van der Waals surface area contributed by atoms with Crippen molar-refractivity contribution in [1.29, 1.82) is 0 Å². The maximum Gasteiger partial charge on any atom is 0.233 e. The molecule has 2 aliphatic heterocycles. The molecule has 2 aromatic heterocycles. The Hall–Kier alpha value is -4.18. The smallest absolute Gasteiger partial charge is 0.233 e. The van der Waals surface area contributed by atoms with Gasteiger partial charge in [0.2, 0.25) is 5.91 Å². The molecule has 4 heterocycles. The molecule has 4 aromatic rings. The van der Waals surface area contributed by atoms with Gasteiger partial charge in [-0.15, -0.1) is 0 Å². The van der Waals surface area contributed by atoms with Crippen LogP contribution in [-0.4, -0.2) is 64.1 Å². The molecule has 2 aliphatic rings. The van der Waals surface area contributed by atoms with E-state index in [9.17, 15) is 13.6 Å². The molecular weight excluding hydrogens is 524 g/mol. The first-order valence-corrected chi connectivity index (χ1v) is 14.0. The molecule has 10 heteroatoms. The number of imidazole rings is 1. The van der Waals surface area contributed by atoms with Crippen LogP contribution >= 0.6 is 0 Å². The summed E-state index contributed by atoms with van der Waals surface area (Å²) in [5.41, 5.74) is 3.16. The summed E-state index contributed by atoms with van der Waals surface area (Å²) in [5, 5.41) is 2.95. The van der Waals surface area contributed by atoms with Gasteiger partial charge in [-0.25, -0.2) is 23.7 Å². The van der Waals surface area contributed by atoms with Gasteiger partial charge in [0.25, 0.3) is 0 Å². The molecule has 0 spiro atoms. The van der Waals surface area contributed by atoms with Gasteiger partial charge in [-0.2, -0.15) is 0 Å². The van der Waals surface area contributed by atoms with Crippen molar-refractivity contribution in [3.8, 4) is 11.3 Å². The van der Waals surface area contributed by atoms with Crippen LogP contribution in [-0.2, 0) is 17.8 Å². The van der Waals surface area contributed by atoms with E-state index in [1.165, 1.54) is 12.4 Å². The fourth-order valence-corrected chi connectivity index (χ4v) is 5.83. The van der Waals surface area contributed by atoms with Gasteiger partial charge >= 0.3 is 0 Å². The van der Waals surface area contributed by atoms with Gasteiger partial charge in [-0.3, -0.25) is 4.79 Å². The second-order valence-electron chi connectivity index (χ2n) is 11.1. The number of piperidine rings is 1. The van der Waals surface area contributed by atoms with E-state index in [1.54, 1.807) is 6.07 Å². The van der Waals surface area contributed by atoms with E-state index in [2.05, 4.69) is 29.7 Å². The highest BCUT2D eigenvalue weighted by Gasteiger charge is 2.37. The topological polar surface area (TPSA) is 79.2 Å². The Morgan fingerprint density at radius 2 is 1.80 bits per heavy atom.